The zero-order valence-corrected chi connectivity index (χ0v) is 8.51. The zero-order chi connectivity index (χ0) is 12.2. The molecule has 16 heavy (non-hydrogen) atoms. The van der Waals surface area contributed by atoms with Gasteiger partial charge in [0, 0.05) is 18.3 Å². The monoisotopic (exact) mass is 233 g/mol. The Labute approximate surface area is 89.9 Å². The first-order valence-electron chi connectivity index (χ1n) is 4.53. The molecule has 4 nitrogen and oxygen atoms in total. The SMILES string of the molecule is Cc1ccnc(NC(=O)CCC(F)(F)F)n1. The molecule has 0 aliphatic rings. The summed E-state index contributed by atoms with van der Waals surface area (Å²) in [6, 6.07) is 1.62. The minimum absolute atomic E-state index is 0.0205. The quantitative estimate of drug-likeness (QED) is 0.869. The second kappa shape index (κ2) is 4.91. The van der Waals surface area contributed by atoms with Gasteiger partial charge >= 0.3 is 6.18 Å². The molecule has 0 aliphatic heterocycles. The molecule has 1 aromatic heterocycles. The zero-order valence-electron chi connectivity index (χ0n) is 8.51. The lowest BCUT2D eigenvalue weighted by Gasteiger charge is -2.06. The molecule has 7 heteroatoms. The van der Waals surface area contributed by atoms with Gasteiger partial charge in [0.1, 0.15) is 0 Å². The molecule has 0 atom stereocenters. The summed E-state index contributed by atoms with van der Waals surface area (Å²) < 4.78 is 35.4. The maximum absolute atomic E-state index is 11.8. The summed E-state index contributed by atoms with van der Waals surface area (Å²) in [6.45, 7) is 1.69. The van der Waals surface area contributed by atoms with Crippen molar-refractivity contribution >= 4 is 11.9 Å². The van der Waals surface area contributed by atoms with Crippen LogP contribution in [0.1, 0.15) is 18.5 Å². The maximum atomic E-state index is 11.8. The number of nitrogens with one attached hydrogen (secondary N) is 1. The highest BCUT2D eigenvalue weighted by molar-refractivity contribution is 5.88. The number of aryl methyl sites for hydroxylation is 1. The molecule has 0 spiro atoms. The number of alkyl halides is 3. The lowest BCUT2D eigenvalue weighted by Crippen LogP contribution is -2.17. The normalized spacial score (nSPS) is 11.2. The summed E-state index contributed by atoms with van der Waals surface area (Å²) in [5, 5.41) is 2.19. The number of aromatic nitrogens is 2. The first-order valence-corrected chi connectivity index (χ1v) is 4.53. The number of carbonyl (C=O) groups is 1. The highest BCUT2D eigenvalue weighted by atomic mass is 19.4. The smallest absolute Gasteiger partial charge is 0.295 e. The molecular weight excluding hydrogens is 223 g/mol. The maximum Gasteiger partial charge on any atom is 0.389 e. The Kier molecular flexibility index (Phi) is 3.81. The van der Waals surface area contributed by atoms with E-state index in [0.717, 1.165) is 0 Å². The Morgan fingerprint density at radius 2 is 2.19 bits per heavy atom. The number of hydrogen-bond donors (Lipinski definition) is 1. The van der Waals surface area contributed by atoms with E-state index in [1.165, 1.54) is 6.20 Å². The van der Waals surface area contributed by atoms with E-state index in [1.54, 1.807) is 13.0 Å². The van der Waals surface area contributed by atoms with Crippen molar-refractivity contribution in [1.82, 2.24) is 9.97 Å². The van der Waals surface area contributed by atoms with E-state index >= 15 is 0 Å². The molecule has 88 valence electrons. The molecule has 0 aromatic carbocycles. The van der Waals surface area contributed by atoms with Crippen LogP contribution < -0.4 is 5.32 Å². The average Bonchev–Trinajstić information content (AvgIpc) is 2.14. The Hall–Kier alpha value is -1.66. The van der Waals surface area contributed by atoms with Gasteiger partial charge in [-0.05, 0) is 13.0 Å². The second-order valence-corrected chi connectivity index (χ2v) is 3.18. The molecule has 0 aliphatic carbocycles. The average molecular weight is 233 g/mol. The third-order valence-electron chi connectivity index (χ3n) is 1.68. The number of halogens is 3. The van der Waals surface area contributed by atoms with Crippen LogP contribution >= 0.6 is 0 Å². The molecule has 1 heterocycles. The van der Waals surface area contributed by atoms with E-state index in [1.807, 2.05) is 0 Å². The molecule has 1 N–H and O–H groups in total. The summed E-state index contributed by atoms with van der Waals surface area (Å²) in [5.74, 6) is -0.727. The molecule has 0 radical (unpaired) electrons. The molecule has 1 rings (SSSR count). The standard InChI is InChI=1S/C9H10F3N3O/c1-6-3-5-13-8(14-6)15-7(16)2-4-9(10,11)12/h3,5H,2,4H2,1H3,(H,13,14,15,16). The lowest BCUT2D eigenvalue weighted by molar-refractivity contribution is -0.142. The summed E-state index contributed by atoms with van der Waals surface area (Å²) in [7, 11) is 0. The van der Waals surface area contributed by atoms with Crippen molar-refractivity contribution in [3.63, 3.8) is 0 Å². The fourth-order valence-electron chi connectivity index (χ4n) is 0.952. The van der Waals surface area contributed by atoms with Gasteiger partial charge < -0.3 is 0 Å². The third kappa shape index (κ3) is 4.72. The Morgan fingerprint density at radius 3 is 2.75 bits per heavy atom. The van der Waals surface area contributed by atoms with Gasteiger partial charge in [-0.1, -0.05) is 0 Å². The number of nitrogens with zero attached hydrogens (tertiary/aromatic N) is 2. The van der Waals surface area contributed by atoms with Crippen LogP contribution in [-0.2, 0) is 4.79 Å². The van der Waals surface area contributed by atoms with Crippen LogP contribution in [-0.4, -0.2) is 22.1 Å². The van der Waals surface area contributed by atoms with Crippen LogP contribution in [0.5, 0.6) is 0 Å². The molecule has 0 fully saturated rings. The van der Waals surface area contributed by atoms with Gasteiger partial charge in [-0.2, -0.15) is 13.2 Å². The number of anilines is 1. The van der Waals surface area contributed by atoms with Gasteiger partial charge in [-0.15, -0.1) is 0 Å². The van der Waals surface area contributed by atoms with E-state index in [4.69, 9.17) is 0 Å². The topological polar surface area (TPSA) is 54.9 Å². The largest absolute Gasteiger partial charge is 0.389 e. The number of carbonyl (C=O) groups excluding carboxylic acids is 1. The molecular formula is C9H10F3N3O. The Balaban J connectivity index is 2.46. The molecule has 1 amide bonds. The van der Waals surface area contributed by atoms with Gasteiger partial charge in [0.15, 0.2) is 0 Å². The Bertz CT molecular complexity index is 379. The number of rotatable bonds is 3. The van der Waals surface area contributed by atoms with Gasteiger partial charge in [0.05, 0.1) is 6.42 Å². The van der Waals surface area contributed by atoms with Crippen LogP contribution in [0.25, 0.3) is 0 Å². The number of hydrogen-bond acceptors (Lipinski definition) is 3. The fraction of sp³-hybridized carbons (Fsp3) is 0.444. The van der Waals surface area contributed by atoms with Crippen LogP contribution in [0.3, 0.4) is 0 Å². The van der Waals surface area contributed by atoms with Crippen LogP contribution in [0.4, 0.5) is 19.1 Å². The highest BCUT2D eigenvalue weighted by Gasteiger charge is 2.27. The predicted molar refractivity (Wildman–Crippen MR) is 50.7 cm³/mol. The minimum Gasteiger partial charge on any atom is -0.295 e. The van der Waals surface area contributed by atoms with Gasteiger partial charge in [-0.3, -0.25) is 10.1 Å². The summed E-state index contributed by atoms with van der Waals surface area (Å²) in [5.41, 5.74) is 0.626. The van der Waals surface area contributed by atoms with E-state index in [-0.39, 0.29) is 5.95 Å². The fourth-order valence-corrected chi connectivity index (χ4v) is 0.952. The van der Waals surface area contributed by atoms with Crippen molar-refractivity contribution in [3.05, 3.63) is 18.0 Å². The Morgan fingerprint density at radius 1 is 1.50 bits per heavy atom. The van der Waals surface area contributed by atoms with Gasteiger partial charge in [0.25, 0.3) is 0 Å². The van der Waals surface area contributed by atoms with E-state index < -0.39 is 24.9 Å². The van der Waals surface area contributed by atoms with Crippen molar-refractivity contribution in [2.45, 2.75) is 25.9 Å². The van der Waals surface area contributed by atoms with Crippen molar-refractivity contribution in [2.24, 2.45) is 0 Å². The summed E-state index contributed by atoms with van der Waals surface area (Å²) in [4.78, 5) is 18.6. The molecule has 1 aromatic rings. The van der Waals surface area contributed by atoms with Gasteiger partial charge in [0.2, 0.25) is 11.9 Å². The van der Waals surface area contributed by atoms with Crippen molar-refractivity contribution in [1.29, 1.82) is 0 Å². The van der Waals surface area contributed by atoms with Crippen LogP contribution in [0.2, 0.25) is 0 Å². The minimum atomic E-state index is -4.33. The summed E-state index contributed by atoms with van der Waals surface area (Å²) >= 11 is 0. The molecule has 0 saturated heterocycles. The summed E-state index contributed by atoms with van der Waals surface area (Å²) in [6.07, 6.45) is -4.68. The number of amides is 1. The first kappa shape index (κ1) is 12.4. The van der Waals surface area contributed by atoms with Crippen LogP contribution in [0.15, 0.2) is 12.3 Å². The van der Waals surface area contributed by atoms with E-state index in [9.17, 15) is 18.0 Å². The van der Waals surface area contributed by atoms with E-state index in [0.29, 0.717) is 5.69 Å². The predicted octanol–water partition coefficient (Wildman–Crippen LogP) is 2.07. The second-order valence-electron chi connectivity index (χ2n) is 3.18. The molecule has 0 bridgehead atoms. The van der Waals surface area contributed by atoms with Crippen molar-refractivity contribution in [2.75, 3.05) is 5.32 Å². The third-order valence-corrected chi connectivity index (χ3v) is 1.68. The molecule has 0 unspecified atom stereocenters. The van der Waals surface area contributed by atoms with Crippen molar-refractivity contribution < 1.29 is 18.0 Å². The van der Waals surface area contributed by atoms with Crippen LogP contribution in [0, 0.1) is 6.92 Å². The van der Waals surface area contributed by atoms with E-state index in [2.05, 4.69) is 15.3 Å². The highest BCUT2D eigenvalue weighted by Crippen LogP contribution is 2.21. The molecule has 0 saturated carbocycles. The lowest BCUT2D eigenvalue weighted by atomic mass is 10.3. The first-order chi connectivity index (χ1) is 7.37. The van der Waals surface area contributed by atoms with Gasteiger partial charge in [-0.25, -0.2) is 9.97 Å². The van der Waals surface area contributed by atoms with Crippen molar-refractivity contribution in [3.8, 4) is 0 Å².